The summed E-state index contributed by atoms with van der Waals surface area (Å²) in [6, 6.07) is 10.5. The van der Waals surface area contributed by atoms with Crippen molar-refractivity contribution in [3.05, 3.63) is 59.4 Å². The SMILES string of the molecule is CS(=O)(=O)c1ccc(C(=O)N2CCCc3cccc(F)c32)cc1. The first-order valence-corrected chi connectivity index (χ1v) is 9.16. The number of rotatable bonds is 2. The summed E-state index contributed by atoms with van der Waals surface area (Å²) >= 11 is 0. The fourth-order valence-electron chi connectivity index (χ4n) is 2.81. The number of hydrogen-bond acceptors (Lipinski definition) is 3. The molecule has 0 unspecified atom stereocenters. The third-order valence-electron chi connectivity index (χ3n) is 3.94. The molecule has 0 aromatic heterocycles. The lowest BCUT2D eigenvalue weighted by atomic mass is 10.0. The van der Waals surface area contributed by atoms with Crippen molar-refractivity contribution in [3.8, 4) is 0 Å². The maximum atomic E-state index is 14.1. The van der Waals surface area contributed by atoms with E-state index in [2.05, 4.69) is 0 Å². The molecule has 2 aromatic rings. The van der Waals surface area contributed by atoms with E-state index in [1.165, 1.54) is 35.2 Å². The summed E-state index contributed by atoms with van der Waals surface area (Å²) in [5.74, 6) is -0.737. The van der Waals surface area contributed by atoms with Crippen LogP contribution in [-0.2, 0) is 16.3 Å². The number of fused-ring (bicyclic) bond motifs is 1. The number of aryl methyl sites for hydroxylation is 1. The zero-order chi connectivity index (χ0) is 16.6. The Balaban J connectivity index is 1.96. The second kappa shape index (κ2) is 5.77. The molecule has 6 heteroatoms. The molecule has 0 saturated carbocycles. The second-order valence-electron chi connectivity index (χ2n) is 5.60. The molecular weight excluding hydrogens is 317 g/mol. The van der Waals surface area contributed by atoms with Crippen LogP contribution in [-0.4, -0.2) is 27.1 Å². The van der Waals surface area contributed by atoms with Gasteiger partial charge in [0.1, 0.15) is 5.82 Å². The lowest BCUT2D eigenvalue weighted by Crippen LogP contribution is -2.36. The van der Waals surface area contributed by atoms with E-state index < -0.39 is 15.7 Å². The quantitative estimate of drug-likeness (QED) is 0.849. The number of carbonyl (C=O) groups excluding carboxylic acids is 1. The van der Waals surface area contributed by atoms with Crippen molar-refractivity contribution in [2.24, 2.45) is 0 Å². The Morgan fingerprint density at radius 1 is 1.13 bits per heavy atom. The smallest absolute Gasteiger partial charge is 0.258 e. The van der Waals surface area contributed by atoms with Crippen LogP contribution in [0.2, 0.25) is 0 Å². The summed E-state index contributed by atoms with van der Waals surface area (Å²) in [4.78, 5) is 14.3. The van der Waals surface area contributed by atoms with Gasteiger partial charge in [-0.25, -0.2) is 12.8 Å². The van der Waals surface area contributed by atoms with Crippen LogP contribution in [0.25, 0.3) is 0 Å². The Hall–Kier alpha value is -2.21. The van der Waals surface area contributed by atoms with Crippen LogP contribution in [0, 0.1) is 5.82 Å². The number of para-hydroxylation sites is 1. The number of halogens is 1. The van der Waals surface area contributed by atoms with E-state index in [-0.39, 0.29) is 10.8 Å². The first-order valence-electron chi connectivity index (χ1n) is 7.27. The van der Waals surface area contributed by atoms with E-state index in [1.807, 2.05) is 6.07 Å². The van der Waals surface area contributed by atoms with Crippen molar-refractivity contribution in [2.45, 2.75) is 17.7 Å². The summed E-state index contributed by atoms with van der Waals surface area (Å²) in [6.07, 6.45) is 2.62. The van der Waals surface area contributed by atoms with Crippen LogP contribution in [0.15, 0.2) is 47.4 Å². The Labute approximate surface area is 134 Å². The van der Waals surface area contributed by atoms with Crippen molar-refractivity contribution in [2.75, 3.05) is 17.7 Å². The summed E-state index contributed by atoms with van der Waals surface area (Å²) in [5.41, 5.74) is 1.49. The Morgan fingerprint density at radius 2 is 1.83 bits per heavy atom. The lowest BCUT2D eigenvalue weighted by molar-refractivity contribution is 0.0984. The van der Waals surface area contributed by atoms with E-state index in [0.717, 1.165) is 24.7 Å². The molecule has 0 saturated heterocycles. The predicted molar refractivity (Wildman–Crippen MR) is 85.9 cm³/mol. The average Bonchev–Trinajstić information content (AvgIpc) is 2.53. The number of sulfone groups is 1. The summed E-state index contributed by atoms with van der Waals surface area (Å²) < 4.78 is 37.1. The topological polar surface area (TPSA) is 54.5 Å². The molecule has 0 fully saturated rings. The van der Waals surface area contributed by atoms with Gasteiger partial charge >= 0.3 is 0 Å². The second-order valence-corrected chi connectivity index (χ2v) is 7.62. The molecule has 1 amide bonds. The zero-order valence-corrected chi connectivity index (χ0v) is 13.4. The molecule has 1 aliphatic rings. The minimum Gasteiger partial charge on any atom is -0.305 e. The fourth-order valence-corrected chi connectivity index (χ4v) is 3.44. The van der Waals surface area contributed by atoms with Crippen molar-refractivity contribution >= 4 is 21.4 Å². The van der Waals surface area contributed by atoms with Gasteiger partial charge in [0.05, 0.1) is 10.6 Å². The minimum atomic E-state index is -3.31. The van der Waals surface area contributed by atoms with E-state index in [1.54, 1.807) is 6.07 Å². The molecule has 0 radical (unpaired) electrons. The number of carbonyl (C=O) groups is 1. The van der Waals surface area contributed by atoms with E-state index in [9.17, 15) is 17.6 Å². The van der Waals surface area contributed by atoms with E-state index in [4.69, 9.17) is 0 Å². The molecule has 1 aliphatic heterocycles. The third-order valence-corrected chi connectivity index (χ3v) is 5.07. The number of benzene rings is 2. The van der Waals surface area contributed by atoms with Crippen LogP contribution in [0.4, 0.5) is 10.1 Å². The van der Waals surface area contributed by atoms with Gasteiger partial charge in [0, 0.05) is 18.4 Å². The summed E-state index contributed by atoms with van der Waals surface area (Å²) in [7, 11) is -3.31. The highest BCUT2D eigenvalue weighted by Gasteiger charge is 2.26. The molecule has 3 rings (SSSR count). The molecule has 0 bridgehead atoms. The molecule has 2 aromatic carbocycles. The normalized spacial score (nSPS) is 14.4. The van der Waals surface area contributed by atoms with Crippen molar-refractivity contribution in [1.29, 1.82) is 0 Å². The minimum absolute atomic E-state index is 0.152. The van der Waals surface area contributed by atoms with Gasteiger partial charge in [0.2, 0.25) is 0 Å². The van der Waals surface area contributed by atoms with Crippen LogP contribution in [0.1, 0.15) is 22.3 Å². The highest BCUT2D eigenvalue weighted by Crippen LogP contribution is 2.31. The molecule has 23 heavy (non-hydrogen) atoms. The molecule has 4 nitrogen and oxygen atoms in total. The maximum Gasteiger partial charge on any atom is 0.258 e. The molecule has 0 atom stereocenters. The van der Waals surface area contributed by atoms with Crippen molar-refractivity contribution in [3.63, 3.8) is 0 Å². The molecule has 0 spiro atoms. The zero-order valence-electron chi connectivity index (χ0n) is 12.6. The van der Waals surface area contributed by atoms with E-state index in [0.29, 0.717) is 17.8 Å². The predicted octanol–water partition coefficient (Wildman–Crippen LogP) is 2.82. The van der Waals surface area contributed by atoms with Crippen LogP contribution in [0.5, 0.6) is 0 Å². The highest BCUT2D eigenvalue weighted by molar-refractivity contribution is 7.90. The van der Waals surface area contributed by atoms with Crippen molar-refractivity contribution in [1.82, 2.24) is 0 Å². The third kappa shape index (κ3) is 2.99. The van der Waals surface area contributed by atoms with Gasteiger partial charge in [-0.05, 0) is 48.7 Å². The number of amides is 1. The molecule has 0 N–H and O–H groups in total. The highest BCUT2D eigenvalue weighted by atomic mass is 32.2. The van der Waals surface area contributed by atoms with Gasteiger partial charge in [-0.1, -0.05) is 12.1 Å². The van der Waals surface area contributed by atoms with Gasteiger partial charge in [-0.15, -0.1) is 0 Å². The average molecular weight is 333 g/mol. The van der Waals surface area contributed by atoms with Gasteiger partial charge in [0.25, 0.3) is 5.91 Å². The van der Waals surface area contributed by atoms with E-state index >= 15 is 0 Å². The fraction of sp³-hybridized carbons (Fsp3) is 0.235. The monoisotopic (exact) mass is 333 g/mol. The number of hydrogen-bond donors (Lipinski definition) is 0. The van der Waals surface area contributed by atoms with Crippen molar-refractivity contribution < 1.29 is 17.6 Å². The lowest BCUT2D eigenvalue weighted by Gasteiger charge is -2.29. The van der Waals surface area contributed by atoms with Crippen LogP contribution < -0.4 is 4.90 Å². The van der Waals surface area contributed by atoms with Gasteiger partial charge < -0.3 is 4.90 Å². The van der Waals surface area contributed by atoms with Crippen LogP contribution in [0.3, 0.4) is 0 Å². The first kappa shape index (κ1) is 15.7. The Morgan fingerprint density at radius 3 is 2.48 bits per heavy atom. The van der Waals surface area contributed by atoms with Gasteiger partial charge in [-0.3, -0.25) is 4.79 Å². The van der Waals surface area contributed by atoms with Crippen LogP contribution >= 0.6 is 0 Å². The Kier molecular flexibility index (Phi) is 3.93. The summed E-state index contributed by atoms with van der Waals surface area (Å²) in [5, 5.41) is 0. The number of nitrogens with zero attached hydrogens (tertiary/aromatic N) is 1. The maximum absolute atomic E-state index is 14.1. The summed E-state index contributed by atoms with van der Waals surface area (Å²) in [6.45, 7) is 0.445. The van der Waals surface area contributed by atoms with Gasteiger partial charge in [-0.2, -0.15) is 0 Å². The molecule has 120 valence electrons. The standard InChI is InChI=1S/C17H16FNO3S/c1-23(21,22)14-9-7-13(8-10-14)17(20)19-11-3-5-12-4-2-6-15(18)16(12)19/h2,4,6-10H,3,5,11H2,1H3. The van der Waals surface area contributed by atoms with Gasteiger partial charge in [0.15, 0.2) is 9.84 Å². The number of anilines is 1. The Bertz CT molecular complexity index is 860. The first-order chi connectivity index (χ1) is 10.9. The molecule has 0 aliphatic carbocycles. The molecular formula is C17H16FNO3S. The molecule has 1 heterocycles. The largest absolute Gasteiger partial charge is 0.305 e.